The summed E-state index contributed by atoms with van der Waals surface area (Å²) >= 11 is 12.6. The van der Waals surface area contributed by atoms with Crippen molar-refractivity contribution in [3.63, 3.8) is 0 Å². The van der Waals surface area contributed by atoms with Crippen LogP contribution < -0.4 is 14.0 Å². The van der Waals surface area contributed by atoms with Crippen LogP contribution in [0.1, 0.15) is 11.1 Å². The van der Waals surface area contributed by atoms with Crippen LogP contribution in [0, 0.1) is 6.92 Å². The molecule has 206 valence electrons. The molecule has 0 N–H and O–H groups in total. The third kappa shape index (κ3) is 5.60. The number of benzene rings is 4. The molecule has 1 fully saturated rings. The normalized spacial score (nSPS) is 13.9. The average Bonchev–Trinajstić information content (AvgIpc) is 2.94. The molecule has 1 heterocycles. The van der Waals surface area contributed by atoms with Gasteiger partial charge in [0.25, 0.3) is 11.8 Å². The summed E-state index contributed by atoms with van der Waals surface area (Å²) in [4.78, 5) is 42.5. The van der Waals surface area contributed by atoms with E-state index < -0.39 is 33.5 Å². The van der Waals surface area contributed by atoms with Crippen molar-refractivity contribution in [2.75, 3.05) is 9.80 Å². The van der Waals surface area contributed by atoms with E-state index in [0.717, 1.165) is 21.4 Å². The van der Waals surface area contributed by atoms with Crippen molar-refractivity contribution in [2.45, 2.75) is 11.8 Å². The maximum atomic E-state index is 13.7. The number of barbiturate groups is 1. The molecule has 1 aliphatic rings. The second kappa shape index (κ2) is 11.2. The molecule has 4 aromatic carbocycles. The summed E-state index contributed by atoms with van der Waals surface area (Å²) in [6, 6.07) is 23.8. The lowest BCUT2D eigenvalue weighted by molar-refractivity contribution is -0.121. The van der Waals surface area contributed by atoms with Gasteiger partial charge in [-0.25, -0.2) is 14.6 Å². The highest BCUT2D eigenvalue weighted by molar-refractivity contribution is 7.87. The Morgan fingerprint density at radius 2 is 1.24 bits per heavy atom. The summed E-state index contributed by atoms with van der Waals surface area (Å²) in [6.45, 7) is 1.80. The first-order valence-corrected chi connectivity index (χ1v) is 14.3. The van der Waals surface area contributed by atoms with Gasteiger partial charge in [0.2, 0.25) is 0 Å². The molecule has 1 aliphatic heterocycles. The Balaban J connectivity index is 1.66. The Kier molecular flexibility index (Phi) is 7.68. The molecule has 0 saturated carbocycles. The number of carbonyl (C=O) groups is 3. The van der Waals surface area contributed by atoms with Crippen molar-refractivity contribution in [3.8, 4) is 5.75 Å². The van der Waals surface area contributed by atoms with Crippen LogP contribution in [0.2, 0.25) is 10.0 Å². The molecule has 0 unspecified atom stereocenters. The van der Waals surface area contributed by atoms with Crippen LogP contribution in [-0.4, -0.2) is 26.3 Å². The highest BCUT2D eigenvalue weighted by atomic mass is 35.5. The summed E-state index contributed by atoms with van der Waals surface area (Å²) in [5, 5.41) is -0.0831. The van der Waals surface area contributed by atoms with E-state index in [1.54, 1.807) is 79.7 Å². The van der Waals surface area contributed by atoms with Crippen molar-refractivity contribution in [1.29, 1.82) is 0 Å². The molecule has 0 aromatic heterocycles. The van der Waals surface area contributed by atoms with E-state index in [9.17, 15) is 22.8 Å². The third-order valence-electron chi connectivity index (χ3n) is 6.12. The monoisotopic (exact) mass is 606 g/mol. The smallest absolute Gasteiger partial charge is 0.343 e. The Bertz CT molecular complexity index is 1750. The molecular weight excluding hydrogens is 587 g/mol. The summed E-state index contributed by atoms with van der Waals surface area (Å²) in [5.74, 6) is -2.21. The molecule has 5 rings (SSSR count). The minimum Gasteiger partial charge on any atom is -0.377 e. The lowest BCUT2D eigenvalue weighted by Crippen LogP contribution is -2.57. The predicted octanol–water partition coefficient (Wildman–Crippen LogP) is 6.65. The highest BCUT2D eigenvalue weighted by Crippen LogP contribution is 2.37. The number of aryl methyl sites for hydroxylation is 1. The molecule has 0 bridgehead atoms. The molecule has 4 amide bonds. The number of hydrogen-bond acceptors (Lipinski definition) is 6. The minimum absolute atomic E-state index is 0.0646. The average molecular weight is 607 g/mol. The van der Waals surface area contributed by atoms with Crippen molar-refractivity contribution >= 4 is 68.6 Å². The quantitative estimate of drug-likeness (QED) is 0.138. The van der Waals surface area contributed by atoms with E-state index in [0.29, 0.717) is 0 Å². The maximum Gasteiger partial charge on any atom is 0.343 e. The van der Waals surface area contributed by atoms with Gasteiger partial charge in [-0.15, -0.1) is 0 Å². The molecule has 41 heavy (non-hydrogen) atoms. The number of urea groups is 1. The molecule has 0 spiro atoms. The lowest BCUT2D eigenvalue weighted by Gasteiger charge is -2.34. The summed E-state index contributed by atoms with van der Waals surface area (Å²) in [5.41, 5.74) is 0.779. The number of nitrogens with zero attached hydrogens (tertiary/aromatic N) is 2. The molecule has 0 atom stereocenters. The zero-order valence-electron chi connectivity index (χ0n) is 21.3. The predicted molar refractivity (Wildman–Crippen MR) is 157 cm³/mol. The maximum absolute atomic E-state index is 13.7. The molecule has 11 heteroatoms. The number of carbonyl (C=O) groups excluding carboxylic acids is 3. The number of halogens is 2. The van der Waals surface area contributed by atoms with Crippen molar-refractivity contribution in [3.05, 3.63) is 124 Å². The zero-order valence-corrected chi connectivity index (χ0v) is 23.7. The van der Waals surface area contributed by atoms with Crippen LogP contribution in [0.15, 0.2) is 108 Å². The molecule has 8 nitrogen and oxygen atoms in total. The van der Waals surface area contributed by atoms with Gasteiger partial charge in [0.15, 0.2) is 5.75 Å². The summed E-state index contributed by atoms with van der Waals surface area (Å²) in [6.07, 6.45) is 1.11. The van der Waals surface area contributed by atoms with Crippen LogP contribution in [-0.2, 0) is 19.7 Å². The molecule has 1 saturated heterocycles. The number of para-hydroxylation sites is 2. The van der Waals surface area contributed by atoms with E-state index in [1.807, 2.05) is 0 Å². The van der Waals surface area contributed by atoms with Gasteiger partial charge in [0.05, 0.1) is 16.4 Å². The highest BCUT2D eigenvalue weighted by Gasteiger charge is 2.44. The van der Waals surface area contributed by atoms with E-state index in [-0.39, 0.29) is 37.6 Å². The minimum atomic E-state index is -4.37. The SMILES string of the molecule is Cc1ccc(S(=O)(=O)Oc2c(Cl)cc(Cl)cc2C=C2C(=O)N(c3ccccc3)C(=O)N(c3ccccc3)C2=O)cc1. The lowest BCUT2D eigenvalue weighted by atomic mass is 10.0. The molecule has 0 radical (unpaired) electrons. The second-order valence-corrected chi connectivity index (χ2v) is 11.3. The number of rotatable bonds is 6. The Labute approximate surface area is 246 Å². The first kappa shape index (κ1) is 28.1. The first-order valence-electron chi connectivity index (χ1n) is 12.1. The van der Waals surface area contributed by atoms with Gasteiger partial charge in [0.1, 0.15) is 10.5 Å². The molecule has 0 aliphatic carbocycles. The van der Waals surface area contributed by atoms with Crippen LogP contribution in [0.5, 0.6) is 5.75 Å². The van der Waals surface area contributed by atoms with Crippen LogP contribution in [0.25, 0.3) is 6.08 Å². The number of anilines is 2. The summed E-state index contributed by atoms with van der Waals surface area (Å²) < 4.78 is 31.6. The van der Waals surface area contributed by atoms with Gasteiger partial charge in [-0.1, -0.05) is 77.3 Å². The van der Waals surface area contributed by atoms with E-state index >= 15 is 0 Å². The largest absolute Gasteiger partial charge is 0.377 e. The van der Waals surface area contributed by atoms with Crippen molar-refractivity contribution in [2.24, 2.45) is 0 Å². The van der Waals surface area contributed by atoms with Gasteiger partial charge in [0, 0.05) is 10.6 Å². The first-order chi connectivity index (χ1) is 19.6. The number of imide groups is 2. The topological polar surface area (TPSA) is 101 Å². The van der Waals surface area contributed by atoms with Gasteiger partial charge >= 0.3 is 16.1 Å². The van der Waals surface area contributed by atoms with Gasteiger partial charge in [-0.2, -0.15) is 8.42 Å². The fourth-order valence-electron chi connectivity index (χ4n) is 4.13. The standard InChI is InChI=1S/C30H20Cl2N2O6S/c1-19-12-14-24(15-13-19)41(38,39)40-27-20(16-21(31)18-26(27)32)17-25-28(35)33(22-8-4-2-5-9-22)30(37)34(29(25)36)23-10-6-3-7-11-23/h2-18H,1H3. The van der Waals surface area contributed by atoms with Gasteiger partial charge in [-0.05, 0) is 61.5 Å². The molecular formula is C30H20Cl2N2O6S. The fraction of sp³-hybridized carbons (Fsp3) is 0.0333. The third-order valence-corrected chi connectivity index (χ3v) is 7.85. The van der Waals surface area contributed by atoms with E-state index in [2.05, 4.69) is 0 Å². The molecule has 4 aromatic rings. The van der Waals surface area contributed by atoms with Crippen LogP contribution in [0.3, 0.4) is 0 Å². The summed E-state index contributed by atoms with van der Waals surface area (Å²) in [7, 11) is -4.37. The Morgan fingerprint density at radius 3 is 1.76 bits per heavy atom. The Morgan fingerprint density at radius 1 is 0.732 bits per heavy atom. The van der Waals surface area contributed by atoms with Crippen LogP contribution >= 0.6 is 23.2 Å². The van der Waals surface area contributed by atoms with Gasteiger partial charge < -0.3 is 4.18 Å². The zero-order chi connectivity index (χ0) is 29.3. The van der Waals surface area contributed by atoms with Crippen molar-refractivity contribution in [1.82, 2.24) is 0 Å². The number of amides is 4. The van der Waals surface area contributed by atoms with E-state index in [1.165, 1.54) is 24.3 Å². The van der Waals surface area contributed by atoms with Crippen LogP contribution in [0.4, 0.5) is 16.2 Å². The van der Waals surface area contributed by atoms with Gasteiger partial charge in [-0.3, -0.25) is 9.59 Å². The number of hydrogen-bond donors (Lipinski definition) is 0. The Hall–Kier alpha value is -4.44. The second-order valence-electron chi connectivity index (χ2n) is 8.95. The fourth-order valence-corrected chi connectivity index (χ4v) is 5.70. The van der Waals surface area contributed by atoms with Crippen molar-refractivity contribution < 1.29 is 27.0 Å². The van der Waals surface area contributed by atoms with E-state index in [4.69, 9.17) is 27.4 Å².